The molecule has 0 fully saturated rings. The number of likely N-dealkylation sites (N-methyl/N-ethyl adjacent to an activating group) is 1. The molecular formula is C10H15NO. The fourth-order valence-electron chi connectivity index (χ4n) is 2.15. The van der Waals surface area contributed by atoms with Gasteiger partial charge in [0.2, 0.25) is 5.91 Å². The van der Waals surface area contributed by atoms with E-state index in [0.29, 0.717) is 5.91 Å². The minimum absolute atomic E-state index is 0.312. The van der Waals surface area contributed by atoms with E-state index < -0.39 is 0 Å². The number of hydrogen-bond acceptors (Lipinski definition) is 1. The molecule has 0 aromatic heterocycles. The molecule has 1 aliphatic heterocycles. The molecule has 0 saturated heterocycles. The van der Waals surface area contributed by atoms with Crippen molar-refractivity contribution in [3.05, 3.63) is 11.1 Å². The van der Waals surface area contributed by atoms with Crippen LogP contribution in [0.5, 0.6) is 0 Å². The lowest BCUT2D eigenvalue weighted by Gasteiger charge is -2.12. The summed E-state index contributed by atoms with van der Waals surface area (Å²) in [6.45, 7) is 3.84. The molecule has 2 aliphatic rings. The van der Waals surface area contributed by atoms with Gasteiger partial charge in [-0.3, -0.25) is 4.79 Å². The molecule has 0 aromatic carbocycles. The third kappa shape index (κ3) is 1.06. The third-order valence-corrected chi connectivity index (χ3v) is 2.89. The second-order valence-electron chi connectivity index (χ2n) is 3.61. The van der Waals surface area contributed by atoms with Crippen molar-refractivity contribution in [2.45, 2.75) is 32.6 Å². The van der Waals surface area contributed by atoms with Crippen LogP contribution in [0, 0.1) is 0 Å². The highest BCUT2D eigenvalue weighted by atomic mass is 16.2. The lowest BCUT2D eigenvalue weighted by atomic mass is 9.94. The van der Waals surface area contributed by atoms with Gasteiger partial charge < -0.3 is 4.90 Å². The largest absolute Gasteiger partial charge is 0.335 e. The maximum absolute atomic E-state index is 11.6. The summed E-state index contributed by atoms with van der Waals surface area (Å²) in [6.07, 6.45) is 4.69. The van der Waals surface area contributed by atoms with Gasteiger partial charge in [0, 0.05) is 18.7 Å². The third-order valence-electron chi connectivity index (χ3n) is 2.89. The quantitative estimate of drug-likeness (QED) is 0.579. The first-order valence-corrected chi connectivity index (χ1v) is 4.83. The Bertz CT molecular complexity index is 242. The highest BCUT2D eigenvalue weighted by Crippen LogP contribution is 2.31. The van der Waals surface area contributed by atoms with Gasteiger partial charge in [0.1, 0.15) is 0 Å². The monoisotopic (exact) mass is 165 g/mol. The molecule has 1 aliphatic carbocycles. The van der Waals surface area contributed by atoms with Crippen LogP contribution >= 0.6 is 0 Å². The second-order valence-corrected chi connectivity index (χ2v) is 3.61. The molecule has 0 bridgehead atoms. The van der Waals surface area contributed by atoms with Crippen molar-refractivity contribution < 1.29 is 4.79 Å². The summed E-state index contributed by atoms with van der Waals surface area (Å²) in [5.41, 5.74) is 2.57. The summed E-state index contributed by atoms with van der Waals surface area (Å²) in [4.78, 5) is 13.6. The van der Waals surface area contributed by atoms with Crippen LogP contribution in [0.25, 0.3) is 0 Å². The Labute approximate surface area is 73.2 Å². The van der Waals surface area contributed by atoms with Crippen LogP contribution < -0.4 is 0 Å². The first-order valence-electron chi connectivity index (χ1n) is 4.83. The topological polar surface area (TPSA) is 20.3 Å². The second kappa shape index (κ2) is 2.92. The van der Waals surface area contributed by atoms with Crippen LogP contribution in [0.15, 0.2) is 11.1 Å². The molecule has 0 unspecified atom stereocenters. The van der Waals surface area contributed by atoms with Crippen molar-refractivity contribution in [3.8, 4) is 0 Å². The number of amides is 1. The average molecular weight is 165 g/mol. The van der Waals surface area contributed by atoms with Crippen LogP contribution in [0.3, 0.4) is 0 Å². The molecule has 1 heterocycles. The van der Waals surface area contributed by atoms with Gasteiger partial charge >= 0.3 is 0 Å². The average Bonchev–Trinajstić information content (AvgIpc) is 2.44. The van der Waals surface area contributed by atoms with Crippen molar-refractivity contribution in [1.82, 2.24) is 4.90 Å². The maximum Gasteiger partial charge on any atom is 0.250 e. The number of carbonyl (C=O) groups excluding carboxylic acids is 1. The molecule has 0 spiro atoms. The van der Waals surface area contributed by atoms with Gasteiger partial charge in [-0.05, 0) is 38.2 Å². The van der Waals surface area contributed by atoms with Gasteiger partial charge in [-0.25, -0.2) is 0 Å². The molecule has 0 saturated carbocycles. The molecule has 2 nitrogen and oxygen atoms in total. The minimum Gasteiger partial charge on any atom is -0.335 e. The molecule has 1 amide bonds. The van der Waals surface area contributed by atoms with E-state index >= 15 is 0 Å². The van der Waals surface area contributed by atoms with Gasteiger partial charge in [0.25, 0.3) is 0 Å². The summed E-state index contributed by atoms with van der Waals surface area (Å²) in [7, 11) is 0. The van der Waals surface area contributed by atoms with Gasteiger partial charge in [-0.1, -0.05) is 0 Å². The molecule has 0 atom stereocenters. The Morgan fingerprint density at radius 3 is 2.75 bits per heavy atom. The molecule has 0 N–H and O–H groups in total. The SMILES string of the molecule is CCN1CC2=C(CCCC2)C1=O. The van der Waals surface area contributed by atoms with Crippen molar-refractivity contribution in [3.63, 3.8) is 0 Å². The van der Waals surface area contributed by atoms with Crippen LogP contribution in [0.4, 0.5) is 0 Å². The summed E-state index contributed by atoms with van der Waals surface area (Å²) >= 11 is 0. The van der Waals surface area contributed by atoms with E-state index in [-0.39, 0.29) is 0 Å². The molecule has 0 aromatic rings. The molecular weight excluding hydrogens is 150 g/mol. The Balaban J connectivity index is 2.20. The van der Waals surface area contributed by atoms with Gasteiger partial charge in [-0.2, -0.15) is 0 Å². The standard InChI is InChI=1S/C10H15NO/c1-2-11-7-8-5-3-4-6-9(8)10(11)12/h2-7H2,1H3. The van der Waals surface area contributed by atoms with Gasteiger partial charge in [0.05, 0.1) is 0 Å². The minimum atomic E-state index is 0.312. The van der Waals surface area contributed by atoms with E-state index in [1.54, 1.807) is 0 Å². The lowest BCUT2D eigenvalue weighted by molar-refractivity contribution is -0.125. The zero-order chi connectivity index (χ0) is 8.55. The molecule has 2 rings (SSSR count). The molecule has 0 radical (unpaired) electrons. The normalized spacial score (nSPS) is 23.4. The Morgan fingerprint density at radius 1 is 1.33 bits per heavy atom. The van der Waals surface area contributed by atoms with E-state index in [2.05, 4.69) is 6.92 Å². The van der Waals surface area contributed by atoms with Crippen LogP contribution in [0.2, 0.25) is 0 Å². The van der Waals surface area contributed by atoms with E-state index in [9.17, 15) is 4.79 Å². The maximum atomic E-state index is 11.6. The number of hydrogen-bond donors (Lipinski definition) is 0. The highest BCUT2D eigenvalue weighted by molar-refractivity contribution is 5.97. The van der Waals surface area contributed by atoms with Crippen molar-refractivity contribution in [2.24, 2.45) is 0 Å². The fourth-order valence-corrected chi connectivity index (χ4v) is 2.15. The van der Waals surface area contributed by atoms with Gasteiger partial charge in [-0.15, -0.1) is 0 Å². The summed E-state index contributed by atoms with van der Waals surface area (Å²) in [5.74, 6) is 0.312. The predicted molar refractivity (Wildman–Crippen MR) is 47.7 cm³/mol. The summed E-state index contributed by atoms with van der Waals surface area (Å²) < 4.78 is 0. The Kier molecular flexibility index (Phi) is 1.91. The molecule has 2 heteroatoms. The van der Waals surface area contributed by atoms with E-state index in [1.807, 2.05) is 4.90 Å². The first-order chi connectivity index (χ1) is 5.83. The first kappa shape index (κ1) is 7.84. The fraction of sp³-hybridized carbons (Fsp3) is 0.700. The Hall–Kier alpha value is -0.790. The lowest BCUT2D eigenvalue weighted by Crippen LogP contribution is -2.26. The van der Waals surface area contributed by atoms with Crippen molar-refractivity contribution in [2.75, 3.05) is 13.1 Å². The summed E-state index contributed by atoms with van der Waals surface area (Å²) in [5, 5.41) is 0. The zero-order valence-corrected chi connectivity index (χ0v) is 7.60. The van der Waals surface area contributed by atoms with Crippen molar-refractivity contribution in [1.29, 1.82) is 0 Å². The highest BCUT2D eigenvalue weighted by Gasteiger charge is 2.29. The van der Waals surface area contributed by atoms with E-state index in [1.165, 1.54) is 18.4 Å². The number of rotatable bonds is 1. The smallest absolute Gasteiger partial charge is 0.250 e. The van der Waals surface area contributed by atoms with E-state index in [4.69, 9.17) is 0 Å². The zero-order valence-electron chi connectivity index (χ0n) is 7.60. The number of carbonyl (C=O) groups is 1. The predicted octanol–water partition coefficient (Wildman–Crippen LogP) is 1.72. The van der Waals surface area contributed by atoms with Crippen LogP contribution in [-0.2, 0) is 4.79 Å². The van der Waals surface area contributed by atoms with Crippen LogP contribution in [0.1, 0.15) is 32.6 Å². The van der Waals surface area contributed by atoms with Gasteiger partial charge in [0.15, 0.2) is 0 Å². The Morgan fingerprint density at radius 2 is 2.08 bits per heavy atom. The number of nitrogens with zero attached hydrogens (tertiary/aromatic N) is 1. The molecule has 12 heavy (non-hydrogen) atoms. The molecule has 66 valence electrons. The van der Waals surface area contributed by atoms with Crippen LogP contribution in [-0.4, -0.2) is 23.9 Å². The van der Waals surface area contributed by atoms with Crippen molar-refractivity contribution >= 4 is 5.91 Å². The van der Waals surface area contributed by atoms with E-state index in [0.717, 1.165) is 31.5 Å². The summed E-state index contributed by atoms with van der Waals surface area (Å²) in [6, 6.07) is 0.